The van der Waals surface area contributed by atoms with E-state index in [9.17, 15) is 0 Å². The van der Waals surface area contributed by atoms with Gasteiger partial charge in [-0.3, -0.25) is 0 Å². The second kappa shape index (κ2) is 3.19. The Kier molecular flexibility index (Phi) is 1.94. The molecule has 15 heavy (non-hydrogen) atoms. The van der Waals surface area contributed by atoms with Crippen molar-refractivity contribution in [3.63, 3.8) is 0 Å². The minimum Gasteiger partial charge on any atom is -0.383 e. The van der Waals surface area contributed by atoms with Crippen LogP contribution in [0.3, 0.4) is 0 Å². The lowest BCUT2D eigenvalue weighted by Crippen LogP contribution is -2.15. The van der Waals surface area contributed by atoms with Crippen LogP contribution in [0.5, 0.6) is 0 Å². The average molecular weight is 203 g/mol. The van der Waals surface area contributed by atoms with Crippen LogP contribution >= 0.6 is 0 Å². The lowest BCUT2D eigenvalue weighted by atomic mass is 9.81. The third-order valence-electron chi connectivity index (χ3n) is 3.67. The number of aromatic nitrogens is 2. The van der Waals surface area contributed by atoms with E-state index in [4.69, 9.17) is 10.7 Å². The minimum atomic E-state index is 0.603. The summed E-state index contributed by atoms with van der Waals surface area (Å²) in [5, 5.41) is 0. The molecule has 3 nitrogen and oxygen atoms in total. The molecule has 2 saturated carbocycles. The number of rotatable bonds is 2. The lowest BCUT2D eigenvalue weighted by Gasteiger charge is -2.26. The van der Waals surface area contributed by atoms with Crippen LogP contribution in [0.25, 0.3) is 0 Å². The Morgan fingerprint density at radius 1 is 1.07 bits per heavy atom. The minimum absolute atomic E-state index is 0.603. The highest BCUT2D eigenvalue weighted by atomic mass is 15.0. The Morgan fingerprint density at radius 3 is 2.33 bits per heavy atom. The zero-order chi connectivity index (χ0) is 10.4. The molecule has 0 bridgehead atoms. The van der Waals surface area contributed by atoms with Crippen molar-refractivity contribution in [1.82, 2.24) is 9.97 Å². The largest absolute Gasteiger partial charge is 0.383 e. The predicted octanol–water partition coefficient (Wildman–Crippen LogP) is 2.51. The molecule has 0 atom stereocenters. The van der Waals surface area contributed by atoms with E-state index in [0.29, 0.717) is 17.7 Å². The van der Waals surface area contributed by atoms with Gasteiger partial charge in [0.25, 0.3) is 0 Å². The van der Waals surface area contributed by atoms with Crippen LogP contribution in [0.15, 0.2) is 0 Å². The molecule has 2 fully saturated rings. The van der Waals surface area contributed by atoms with Crippen LogP contribution in [-0.4, -0.2) is 9.97 Å². The first-order chi connectivity index (χ1) is 7.25. The van der Waals surface area contributed by atoms with Crippen molar-refractivity contribution >= 4 is 5.82 Å². The number of hydrogen-bond donors (Lipinski definition) is 1. The number of nitrogens with two attached hydrogens (primary N) is 1. The zero-order valence-corrected chi connectivity index (χ0v) is 9.16. The normalized spacial score (nSPS) is 21.4. The summed E-state index contributed by atoms with van der Waals surface area (Å²) >= 11 is 0. The Bertz CT molecular complexity index is 392. The summed E-state index contributed by atoms with van der Waals surface area (Å²) < 4.78 is 0. The van der Waals surface area contributed by atoms with Gasteiger partial charge in [-0.05, 0) is 32.6 Å². The molecule has 2 aliphatic rings. The van der Waals surface area contributed by atoms with E-state index in [1.165, 1.54) is 37.8 Å². The third-order valence-corrected chi connectivity index (χ3v) is 3.67. The quantitative estimate of drug-likeness (QED) is 0.803. The lowest BCUT2D eigenvalue weighted by molar-refractivity contribution is 0.408. The van der Waals surface area contributed by atoms with Crippen molar-refractivity contribution < 1.29 is 0 Å². The van der Waals surface area contributed by atoms with Gasteiger partial charge in [-0.15, -0.1) is 0 Å². The van der Waals surface area contributed by atoms with Gasteiger partial charge in [0.05, 0.1) is 5.69 Å². The van der Waals surface area contributed by atoms with Crippen LogP contribution < -0.4 is 5.73 Å². The topological polar surface area (TPSA) is 51.8 Å². The predicted molar refractivity (Wildman–Crippen MR) is 59.7 cm³/mol. The highest BCUT2D eigenvalue weighted by molar-refractivity contribution is 5.43. The Labute approximate surface area is 90.1 Å². The smallest absolute Gasteiger partial charge is 0.134 e. The number of nitrogen functional groups attached to an aromatic ring is 1. The van der Waals surface area contributed by atoms with Gasteiger partial charge in [-0.2, -0.15) is 0 Å². The molecule has 0 aromatic carbocycles. The van der Waals surface area contributed by atoms with Crippen LogP contribution in [-0.2, 0) is 0 Å². The molecule has 3 rings (SSSR count). The number of hydrogen-bond acceptors (Lipinski definition) is 3. The van der Waals surface area contributed by atoms with Crippen molar-refractivity contribution in [3.8, 4) is 0 Å². The first-order valence-corrected chi connectivity index (χ1v) is 5.89. The second-order valence-corrected chi connectivity index (χ2v) is 4.88. The first kappa shape index (κ1) is 9.13. The van der Waals surface area contributed by atoms with E-state index >= 15 is 0 Å². The average Bonchev–Trinajstić information content (AvgIpc) is 2.92. The summed E-state index contributed by atoms with van der Waals surface area (Å²) in [5.41, 5.74) is 8.30. The molecule has 2 aliphatic carbocycles. The van der Waals surface area contributed by atoms with E-state index in [-0.39, 0.29) is 0 Å². The first-order valence-electron chi connectivity index (χ1n) is 5.89. The Hall–Kier alpha value is -1.12. The summed E-state index contributed by atoms with van der Waals surface area (Å²) in [7, 11) is 0. The zero-order valence-electron chi connectivity index (χ0n) is 9.16. The fraction of sp³-hybridized carbons (Fsp3) is 0.667. The SMILES string of the molecule is Cc1c(N)nc(C2CC2)nc1C1CCC1. The molecule has 80 valence electrons. The second-order valence-electron chi connectivity index (χ2n) is 4.88. The van der Waals surface area contributed by atoms with Gasteiger partial charge in [-0.25, -0.2) is 9.97 Å². The fourth-order valence-electron chi connectivity index (χ4n) is 2.17. The molecule has 0 aliphatic heterocycles. The van der Waals surface area contributed by atoms with Gasteiger partial charge in [0.15, 0.2) is 0 Å². The van der Waals surface area contributed by atoms with Gasteiger partial charge < -0.3 is 5.73 Å². The van der Waals surface area contributed by atoms with Crippen LogP contribution in [0.2, 0.25) is 0 Å². The molecule has 1 heterocycles. The van der Waals surface area contributed by atoms with Gasteiger partial charge in [0.1, 0.15) is 11.6 Å². The molecule has 3 heteroatoms. The van der Waals surface area contributed by atoms with Crippen molar-refractivity contribution in [1.29, 1.82) is 0 Å². The maximum Gasteiger partial charge on any atom is 0.134 e. The van der Waals surface area contributed by atoms with Crippen molar-refractivity contribution in [3.05, 3.63) is 17.1 Å². The van der Waals surface area contributed by atoms with Crippen molar-refractivity contribution in [2.24, 2.45) is 0 Å². The van der Waals surface area contributed by atoms with Crippen LogP contribution in [0.1, 0.15) is 61.0 Å². The molecular weight excluding hydrogens is 186 g/mol. The summed E-state index contributed by atoms with van der Waals surface area (Å²) in [5.74, 6) is 2.97. The summed E-state index contributed by atoms with van der Waals surface area (Å²) in [4.78, 5) is 9.13. The van der Waals surface area contributed by atoms with Gasteiger partial charge >= 0.3 is 0 Å². The van der Waals surface area contributed by atoms with Gasteiger partial charge in [-0.1, -0.05) is 6.42 Å². The van der Waals surface area contributed by atoms with Crippen molar-refractivity contribution in [2.45, 2.75) is 50.9 Å². The molecule has 0 amide bonds. The third kappa shape index (κ3) is 1.50. The maximum absolute atomic E-state index is 5.95. The monoisotopic (exact) mass is 203 g/mol. The molecule has 0 spiro atoms. The summed E-state index contributed by atoms with van der Waals surface area (Å²) in [6.45, 7) is 2.06. The van der Waals surface area contributed by atoms with Crippen molar-refractivity contribution in [2.75, 3.05) is 5.73 Å². The maximum atomic E-state index is 5.95. The molecular formula is C12H17N3. The highest BCUT2D eigenvalue weighted by Gasteiger charge is 2.30. The van der Waals surface area contributed by atoms with E-state index in [1.807, 2.05) is 0 Å². The van der Waals surface area contributed by atoms with Gasteiger partial charge in [0.2, 0.25) is 0 Å². The molecule has 0 unspecified atom stereocenters. The molecule has 1 aromatic rings. The van der Waals surface area contributed by atoms with E-state index in [0.717, 1.165) is 11.4 Å². The van der Waals surface area contributed by atoms with E-state index < -0.39 is 0 Å². The molecule has 0 saturated heterocycles. The van der Waals surface area contributed by atoms with Gasteiger partial charge in [0, 0.05) is 17.4 Å². The number of nitrogens with zero attached hydrogens (tertiary/aromatic N) is 2. The Balaban J connectivity index is 2.01. The fourth-order valence-corrected chi connectivity index (χ4v) is 2.17. The summed E-state index contributed by atoms with van der Waals surface area (Å²) in [6, 6.07) is 0. The Morgan fingerprint density at radius 2 is 1.80 bits per heavy atom. The van der Waals surface area contributed by atoms with E-state index in [1.54, 1.807) is 0 Å². The highest BCUT2D eigenvalue weighted by Crippen LogP contribution is 2.42. The standard InChI is InChI=1S/C12H17N3/c1-7-10(8-3-2-4-8)14-12(9-5-6-9)15-11(7)13/h8-9H,2-6H2,1H3,(H2,13,14,15). The van der Waals surface area contributed by atoms with Crippen LogP contribution in [0.4, 0.5) is 5.82 Å². The van der Waals surface area contributed by atoms with E-state index in [2.05, 4.69) is 11.9 Å². The van der Waals surface area contributed by atoms with Crippen LogP contribution in [0, 0.1) is 6.92 Å². The number of anilines is 1. The molecule has 2 N–H and O–H groups in total. The molecule has 1 aromatic heterocycles. The summed E-state index contributed by atoms with van der Waals surface area (Å²) in [6.07, 6.45) is 6.38. The molecule has 0 radical (unpaired) electrons.